The van der Waals surface area contributed by atoms with E-state index in [9.17, 15) is 4.79 Å². The van der Waals surface area contributed by atoms with Crippen molar-refractivity contribution in [3.05, 3.63) is 82.3 Å². The van der Waals surface area contributed by atoms with E-state index in [1.807, 2.05) is 54.6 Å². The van der Waals surface area contributed by atoms with Gasteiger partial charge in [-0.1, -0.05) is 41.0 Å². The van der Waals surface area contributed by atoms with Crippen molar-refractivity contribution in [1.82, 2.24) is 15.3 Å². The zero-order chi connectivity index (χ0) is 25.5. The molecule has 0 spiro atoms. The molecule has 1 heterocycles. The van der Waals surface area contributed by atoms with Crippen LogP contribution in [0.5, 0.6) is 11.5 Å². The summed E-state index contributed by atoms with van der Waals surface area (Å²) < 4.78 is 10.6. The van der Waals surface area contributed by atoms with Gasteiger partial charge in [0.15, 0.2) is 5.16 Å². The van der Waals surface area contributed by atoms with E-state index in [1.54, 1.807) is 26.4 Å². The fourth-order valence-electron chi connectivity index (χ4n) is 3.59. The lowest BCUT2D eigenvalue weighted by atomic mass is 10.0. The summed E-state index contributed by atoms with van der Waals surface area (Å²) in [5, 5.41) is 4.77. The molecule has 1 aromatic heterocycles. The Kier molecular flexibility index (Phi) is 8.80. The van der Waals surface area contributed by atoms with Crippen LogP contribution in [0.1, 0.15) is 5.56 Å². The number of aromatic nitrogens is 2. The molecule has 6 nitrogen and oxygen atoms in total. The summed E-state index contributed by atoms with van der Waals surface area (Å²) in [5.74, 6) is 1.69. The molecule has 9 heteroatoms. The second-order valence-corrected chi connectivity index (χ2v) is 9.65. The molecule has 2 N–H and O–H groups in total. The first-order valence-corrected chi connectivity index (χ1v) is 12.9. The summed E-state index contributed by atoms with van der Waals surface area (Å²) in [6.45, 7) is 0.479. The number of methoxy groups -OCH3 is 2. The third-order valence-corrected chi connectivity index (χ3v) is 6.96. The highest BCUT2D eigenvalue weighted by atomic mass is 35.5. The second-order valence-electron chi connectivity index (χ2n) is 7.85. The van der Waals surface area contributed by atoms with Crippen LogP contribution in [0, 0.1) is 0 Å². The maximum absolute atomic E-state index is 12.5. The van der Waals surface area contributed by atoms with E-state index in [0.717, 1.165) is 39.6 Å². The standard InChI is InChI=1S/C27H25Cl2N3O3S/c1-34-21-9-4-18(5-10-21)25-26(19-6-11-22(35-2)12-7-19)32-27(31-25)36-16-24(33)30-14-13-17-3-8-20(28)15-23(17)29/h3-12,15H,13-14,16H2,1-2H3,(H,30,33)(H,31,32). The van der Waals surface area contributed by atoms with Crippen LogP contribution in [0.4, 0.5) is 0 Å². The molecular formula is C27H25Cl2N3O3S. The quantitative estimate of drug-likeness (QED) is 0.223. The summed E-state index contributed by atoms with van der Waals surface area (Å²) >= 11 is 13.5. The number of benzene rings is 3. The smallest absolute Gasteiger partial charge is 0.230 e. The number of aromatic amines is 1. The number of hydrogen-bond donors (Lipinski definition) is 2. The molecule has 0 radical (unpaired) electrons. The Morgan fingerprint density at radius 1 is 0.944 bits per heavy atom. The molecule has 0 aliphatic heterocycles. The van der Waals surface area contributed by atoms with Gasteiger partial charge in [0.1, 0.15) is 11.5 Å². The average molecular weight is 542 g/mol. The van der Waals surface area contributed by atoms with Gasteiger partial charge in [-0.2, -0.15) is 0 Å². The molecule has 0 aliphatic carbocycles. The summed E-state index contributed by atoms with van der Waals surface area (Å²) in [6, 6.07) is 20.8. The average Bonchev–Trinajstić information content (AvgIpc) is 3.33. The van der Waals surface area contributed by atoms with Crippen LogP contribution in [-0.4, -0.2) is 42.4 Å². The first-order chi connectivity index (χ1) is 17.5. The molecule has 0 atom stereocenters. The predicted octanol–water partition coefficient (Wildman–Crippen LogP) is 6.52. The van der Waals surface area contributed by atoms with Gasteiger partial charge in [-0.3, -0.25) is 4.79 Å². The van der Waals surface area contributed by atoms with Gasteiger partial charge in [0.2, 0.25) is 5.91 Å². The first-order valence-electron chi connectivity index (χ1n) is 11.2. The number of ether oxygens (including phenoxy) is 2. The van der Waals surface area contributed by atoms with Crippen LogP contribution in [0.25, 0.3) is 22.5 Å². The molecule has 186 valence electrons. The SMILES string of the molecule is COc1ccc(-c2nc(SCC(=O)NCCc3ccc(Cl)cc3Cl)[nH]c2-c2ccc(OC)cc2)cc1. The molecule has 4 aromatic rings. The molecule has 1 amide bonds. The number of hydrogen-bond acceptors (Lipinski definition) is 5. The predicted molar refractivity (Wildman–Crippen MR) is 146 cm³/mol. The van der Waals surface area contributed by atoms with E-state index < -0.39 is 0 Å². The third-order valence-electron chi connectivity index (χ3n) is 5.50. The fraction of sp³-hybridized carbons (Fsp3) is 0.185. The van der Waals surface area contributed by atoms with Gasteiger partial charge in [0.05, 0.1) is 31.4 Å². The Morgan fingerprint density at radius 3 is 2.19 bits per heavy atom. The minimum absolute atomic E-state index is 0.0847. The number of imidazole rings is 1. The van der Waals surface area contributed by atoms with Crippen molar-refractivity contribution in [3.63, 3.8) is 0 Å². The highest BCUT2D eigenvalue weighted by molar-refractivity contribution is 7.99. The van der Waals surface area contributed by atoms with Crippen LogP contribution in [-0.2, 0) is 11.2 Å². The Hall–Kier alpha value is -3.13. The number of H-pyrrole nitrogens is 1. The number of carbonyl (C=O) groups excluding carboxylic acids is 1. The largest absolute Gasteiger partial charge is 0.497 e. The summed E-state index contributed by atoms with van der Waals surface area (Å²) in [7, 11) is 3.27. The number of carbonyl (C=O) groups is 1. The van der Waals surface area contributed by atoms with Gasteiger partial charge < -0.3 is 19.8 Å². The lowest BCUT2D eigenvalue weighted by Crippen LogP contribution is -2.27. The maximum atomic E-state index is 12.5. The first kappa shape index (κ1) is 25.9. The van der Waals surface area contributed by atoms with Crippen molar-refractivity contribution < 1.29 is 14.3 Å². The molecule has 0 fully saturated rings. The highest BCUT2D eigenvalue weighted by Crippen LogP contribution is 2.34. The molecule has 0 bridgehead atoms. The van der Waals surface area contributed by atoms with Gasteiger partial charge in [-0.15, -0.1) is 0 Å². The van der Waals surface area contributed by atoms with E-state index >= 15 is 0 Å². The Labute approximate surface area is 224 Å². The molecular weight excluding hydrogens is 517 g/mol. The molecule has 0 unspecified atom stereocenters. The Bertz CT molecular complexity index is 1260. The van der Waals surface area contributed by atoms with Gasteiger partial charge >= 0.3 is 0 Å². The molecule has 36 heavy (non-hydrogen) atoms. The maximum Gasteiger partial charge on any atom is 0.230 e. The van der Waals surface area contributed by atoms with E-state index in [1.165, 1.54) is 11.8 Å². The minimum atomic E-state index is -0.0847. The van der Waals surface area contributed by atoms with Gasteiger partial charge in [0.25, 0.3) is 0 Å². The van der Waals surface area contributed by atoms with Crippen LogP contribution in [0.15, 0.2) is 71.9 Å². The molecule has 0 saturated heterocycles. The van der Waals surface area contributed by atoms with Crippen LogP contribution >= 0.6 is 35.0 Å². The van der Waals surface area contributed by atoms with E-state index in [2.05, 4.69) is 10.3 Å². The normalized spacial score (nSPS) is 10.8. The molecule has 4 rings (SSSR count). The number of thioether (sulfide) groups is 1. The number of nitrogens with zero attached hydrogens (tertiary/aromatic N) is 1. The van der Waals surface area contributed by atoms with Crippen LogP contribution in [0.2, 0.25) is 10.0 Å². The topological polar surface area (TPSA) is 76.2 Å². The Morgan fingerprint density at radius 2 is 1.58 bits per heavy atom. The molecule has 3 aromatic carbocycles. The minimum Gasteiger partial charge on any atom is -0.497 e. The number of halogens is 2. The lowest BCUT2D eigenvalue weighted by Gasteiger charge is -2.06. The lowest BCUT2D eigenvalue weighted by molar-refractivity contribution is -0.118. The summed E-state index contributed by atoms with van der Waals surface area (Å²) in [6.07, 6.45) is 0.621. The number of nitrogens with one attached hydrogen (secondary N) is 2. The van der Waals surface area contributed by atoms with Crippen LogP contribution < -0.4 is 14.8 Å². The third kappa shape index (κ3) is 6.55. The van der Waals surface area contributed by atoms with Crippen LogP contribution in [0.3, 0.4) is 0 Å². The second kappa shape index (κ2) is 12.2. The van der Waals surface area contributed by atoms with Crippen molar-refractivity contribution in [2.45, 2.75) is 11.6 Å². The van der Waals surface area contributed by atoms with Crippen molar-refractivity contribution in [1.29, 1.82) is 0 Å². The zero-order valence-electron chi connectivity index (χ0n) is 19.8. The zero-order valence-corrected chi connectivity index (χ0v) is 22.1. The van der Waals surface area contributed by atoms with Crippen molar-refractivity contribution in [2.75, 3.05) is 26.5 Å². The van der Waals surface area contributed by atoms with E-state index in [0.29, 0.717) is 28.2 Å². The summed E-state index contributed by atoms with van der Waals surface area (Å²) in [4.78, 5) is 20.6. The van der Waals surface area contributed by atoms with E-state index in [4.69, 9.17) is 37.7 Å². The van der Waals surface area contributed by atoms with Crippen molar-refractivity contribution in [2.24, 2.45) is 0 Å². The number of rotatable bonds is 10. The number of amides is 1. The monoisotopic (exact) mass is 541 g/mol. The summed E-state index contributed by atoms with van der Waals surface area (Å²) in [5.41, 5.74) is 4.50. The fourth-order valence-corrected chi connectivity index (χ4v) is 4.79. The highest BCUT2D eigenvalue weighted by Gasteiger charge is 2.16. The van der Waals surface area contributed by atoms with Gasteiger partial charge in [-0.25, -0.2) is 4.98 Å². The molecule has 0 saturated carbocycles. The molecule has 0 aliphatic rings. The van der Waals surface area contributed by atoms with Gasteiger partial charge in [-0.05, 0) is 72.6 Å². The van der Waals surface area contributed by atoms with Gasteiger partial charge in [0, 0.05) is 27.7 Å². The Balaban J connectivity index is 1.45. The van der Waals surface area contributed by atoms with Crippen molar-refractivity contribution in [3.8, 4) is 34.0 Å². The van der Waals surface area contributed by atoms with E-state index in [-0.39, 0.29) is 11.7 Å². The van der Waals surface area contributed by atoms with Crippen molar-refractivity contribution >= 4 is 40.9 Å².